The second-order valence-corrected chi connectivity index (χ2v) is 6.10. The molecule has 1 aliphatic rings. The van der Waals surface area contributed by atoms with Gasteiger partial charge in [-0.15, -0.1) is 0 Å². The highest BCUT2D eigenvalue weighted by Crippen LogP contribution is 2.39. The van der Waals surface area contributed by atoms with Crippen LogP contribution in [0.25, 0.3) is 5.57 Å². The predicted molar refractivity (Wildman–Crippen MR) is 98.0 cm³/mol. The first-order valence-corrected chi connectivity index (χ1v) is 8.14. The van der Waals surface area contributed by atoms with Gasteiger partial charge in [0.2, 0.25) is 0 Å². The number of rotatable bonds is 4. The maximum Gasteiger partial charge on any atom is 0.301 e. The van der Waals surface area contributed by atoms with E-state index in [2.05, 4.69) is 0 Å². The summed E-state index contributed by atoms with van der Waals surface area (Å²) >= 11 is 12.1. The van der Waals surface area contributed by atoms with Crippen molar-refractivity contribution >= 4 is 46.3 Å². The molecule has 2 aromatic rings. The number of aliphatic hydroxyl groups excluding tert-OH is 1. The lowest BCUT2D eigenvalue weighted by atomic mass is 10.0. The number of carbonyl (C=O) groups excluding carboxylic acids is 2. The molecular formula is C18H13Cl2NO5. The third kappa shape index (κ3) is 2.77. The number of aliphatic hydroxyl groups is 1. The lowest BCUT2D eigenvalue weighted by Gasteiger charge is -2.16. The van der Waals surface area contributed by atoms with E-state index in [-0.39, 0.29) is 21.3 Å². The second-order valence-electron chi connectivity index (χ2n) is 5.31. The summed E-state index contributed by atoms with van der Waals surface area (Å²) in [6.07, 6.45) is 0. The Balaban J connectivity index is 2.09. The van der Waals surface area contributed by atoms with Gasteiger partial charge in [0.25, 0.3) is 5.91 Å². The molecule has 1 aliphatic heterocycles. The number of methoxy groups -OCH3 is 2. The molecule has 0 saturated heterocycles. The van der Waals surface area contributed by atoms with Crippen molar-refractivity contribution in [3.63, 3.8) is 0 Å². The molecule has 0 fully saturated rings. The van der Waals surface area contributed by atoms with Crippen LogP contribution in [0.3, 0.4) is 0 Å². The lowest BCUT2D eigenvalue weighted by molar-refractivity contribution is -0.121. The van der Waals surface area contributed by atoms with Crippen LogP contribution in [-0.2, 0) is 9.59 Å². The van der Waals surface area contributed by atoms with Gasteiger partial charge in [0, 0.05) is 0 Å². The SMILES string of the molecule is COc1ccc(C2=C(O)C(=O)N(c3cccc(Cl)c3Cl)C2=O)cc1OC. The topological polar surface area (TPSA) is 76.1 Å². The average molecular weight is 394 g/mol. The Hall–Kier alpha value is -2.70. The van der Waals surface area contributed by atoms with E-state index in [0.717, 1.165) is 4.90 Å². The van der Waals surface area contributed by atoms with Crippen LogP contribution in [0.2, 0.25) is 10.0 Å². The maximum atomic E-state index is 12.9. The van der Waals surface area contributed by atoms with Gasteiger partial charge in [0.05, 0.1) is 35.5 Å². The van der Waals surface area contributed by atoms with Crippen molar-refractivity contribution in [2.45, 2.75) is 0 Å². The number of amides is 2. The van der Waals surface area contributed by atoms with E-state index < -0.39 is 17.6 Å². The Morgan fingerprint density at radius 2 is 1.65 bits per heavy atom. The number of hydrogen-bond acceptors (Lipinski definition) is 5. The number of anilines is 1. The van der Waals surface area contributed by atoms with Crippen molar-refractivity contribution in [1.29, 1.82) is 0 Å². The number of imide groups is 1. The van der Waals surface area contributed by atoms with Crippen molar-refractivity contribution in [3.05, 3.63) is 57.8 Å². The van der Waals surface area contributed by atoms with Crippen molar-refractivity contribution in [1.82, 2.24) is 0 Å². The molecule has 0 spiro atoms. The van der Waals surface area contributed by atoms with E-state index in [0.29, 0.717) is 17.1 Å². The van der Waals surface area contributed by atoms with Crippen molar-refractivity contribution < 1.29 is 24.2 Å². The number of nitrogens with zero attached hydrogens (tertiary/aromatic N) is 1. The van der Waals surface area contributed by atoms with Crippen LogP contribution >= 0.6 is 23.2 Å². The van der Waals surface area contributed by atoms with Gasteiger partial charge in [0.1, 0.15) is 0 Å². The molecule has 8 heteroatoms. The molecule has 6 nitrogen and oxygen atoms in total. The zero-order valence-electron chi connectivity index (χ0n) is 13.7. The summed E-state index contributed by atoms with van der Waals surface area (Å²) in [4.78, 5) is 26.1. The van der Waals surface area contributed by atoms with Gasteiger partial charge in [-0.3, -0.25) is 9.59 Å². The average Bonchev–Trinajstić information content (AvgIpc) is 2.86. The molecule has 0 radical (unpaired) electrons. The van der Waals surface area contributed by atoms with Crippen LogP contribution in [0.5, 0.6) is 11.5 Å². The molecule has 2 amide bonds. The largest absolute Gasteiger partial charge is 0.502 e. The van der Waals surface area contributed by atoms with Crippen molar-refractivity contribution in [2.75, 3.05) is 19.1 Å². The fourth-order valence-electron chi connectivity index (χ4n) is 2.65. The fraction of sp³-hybridized carbons (Fsp3) is 0.111. The molecular weight excluding hydrogens is 381 g/mol. The van der Waals surface area contributed by atoms with Gasteiger partial charge in [-0.05, 0) is 29.8 Å². The number of hydrogen-bond donors (Lipinski definition) is 1. The molecule has 0 unspecified atom stereocenters. The number of benzene rings is 2. The standard InChI is InChI=1S/C18H13Cl2NO5/c1-25-12-7-6-9(8-13(12)26-2)14-16(22)18(24)21(17(14)23)11-5-3-4-10(19)15(11)20/h3-8,22H,1-2H3. The molecule has 1 heterocycles. The van der Waals surface area contributed by atoms with Crippen LogP contribution < -0.4 is 14.4 Å². The first-order valence-electron chi connectivity index (χ1n) is 7.39. The van der Waals surface area contributed by atoms with Gasteiger partial charge < -0.3 is 14.6 Å². The number of halogens is 2. The minimum atomic E-state index is -0.885. The maximum absolute atomic E-state index is 12.9. The summed E-state index contributed by atoms with van der Waals surface area (Å²) in [6.45, 7) is 0. The van der Waals surface area contributed by atoms with E-state index in [1.165, 1.54) is 32.4 Å². The van der Waals surface area contributed by atoms with Gasteiger partial charge in [-0.2, -0.15) is 0 Å². The summed E-state index contributed by atoms with van der Waals surface area (Å²) < 4.78 is 10.4. The fourth-order valence-corrected chi connectivity index (χ4v) is 3.03. The van der Waals surface area contributed by atoms with Gasteiger partial charge in [0.15, 0.2) is 17.3 Å². The summed E-state index contributed by atoms with van der Waals surface area (Å²) in [5.41, 5.74) is 0.238. The monoisotopic (exact) mass is 393 g/mol. The van der Waals surface area contributed by atoms with Gasteiger partial charge in [-0.25, -0.2) is 4.90 Å². The summed E-state index contributed by atoms with van der Waals surface area (Å²) in [7, 11) is 2.91. The lowest BCUT2D eigenvalue weighted by Crippen LogP contribution is -2.31. The highest BCUT2D eigenvalue weighted by atomic mass is 35.5. The zero-order valence-corrected chi connectivity index (χ0v) is 15.3. The third-order valence-electron chi connectivity index (χ3n) is 3.90. The molecule has 134 valence electrons. The number of carbonyl (C=O) groups is 2. The highest BCUT2D eigenvalue weighted by Gasteiger charge is 2.41. The van der Waals surface area contributed by atoms with E-state index in [4.69, 9.17) is 32.7 Å². The van der Waals surface area contributed by atoms with Gasteiger partial charge >= 0.3 is 5.91 Å². The van der Waals surface area contributed by atoms with Crippen molar-refractivity contribution in [3.8, 4) is 11.5 Å². The molecule has 0 saturated carbocycles. The molecule has 26 heavy (non-hydrogen) atoms. The molecule has 0 aliphatic carbocycles. The van der Waals surface area contributed by atoms with Crippen LogP contribution in [0, 0.1) is 0 Å². The Morgan fingerprint density at radius 3 is 2.31 bits per heavy atom. The van der Waals surface area contributed by atoms with E-state index in [1.807, 2.05) is 0 Å². The van der Waals surface area contributed by atoms with Crippen LogP contribution in [0.1, 0.15) is 5.56 Å². The molecule has 1 N–H and O–H groups in total. The molecule has 0 aromatic heterocycles. The minimum Gasteiger partial charge on any atom is -0.502 e. The normalized spacial score (nSPS) is 14.2. The third-order valence-corrected chi connectivity index (χ3v) is 4.71. The Labute approximate surface area is 159 Å². The van der Waals surface area contributed by atoms with Gasteiger partial charge in [-0.1, -0.05) is 35.3 Å². The summed E-state index contributed by atoms with van der Waals surface area (Å²) in [6, 6.07) is 9.16. The summed E-state index contributed by atoms with van der Waals surface area (Å²) in [5, 5.41) is 10.5. The van der Waals surface area contributed by atoms with Crippen LogP contribution in [-0.4, -0.2) is 31.1 Å². The summed E-state index contributed by atoms with van der Waals surface area (Å²) in [5.74, 6) is -1.49. The minimum absolute atomic E-state index is 0.0391. The van der Waals surface area contributed by atoms with E-state index in [1.54, 1.807) is 18.2 Å². The molecule has 2 aromatic carbocycles. The highest BCUT2D eigenvalue weighted by molar-refractivity contribution is 6.49. The quantitative estimate of drug-likeness (QED) is 0.798. The van der Waals surface area contributed by atoms with Crippen LogP contribution in [0.15, 0.2) is 42.2 Å². The molecule has 0 atom stereocenters. The predicted octanol–water partition coefficient (Wildman–Crippen LogP) is 3.85. The Kier molecular flexibility index (Phi) is 4.80. The molecule has 0 bridgehead atoms. The van der Waals surface area contributed by atoms with Crippen LogP contribution in [0.4, 0.5) is 5.69 Å². The zero-order chi connectivity index (χ0) is 19.0. The van der Waals surface area contributed by atoms with E-state index >= 15 is 0 Å². The molecule has 3 rings (SSSR count). The first-order chi connectivity index (χ1) is 12.4. The second kappa shape index (κ2) is 6.90. The Morgan fingerprint density at radius 1 is 0.962 bits per heavy atom. The van der Waals surface area contributed by atoms with Crippen molar-refractivity contribution in [2.24, 2.45) is 0 Å². The Bertz CT molecular complexity index is 955. The smallest absolute Gasteiger partial charge is 0.301 e. The van der Waals surface area contributed by atoms with E-state index in [9.17, 15) is 14.7 Å². The first kappa shape index (κ1) is 18.1. The number of ether oxygens (including phenoxy) is 2.